The van der Waals surface area contributed by atoms with Gasteiger partial charge >= 0.3 is 0 Å². The van der Waals surface area contributed by atoms with Gasteiger partial charge in [0.15, 0.2) is 0 Å². The van der Waals surface area contributed by atoms with Crippen LogP contribution in [0.3, 0.4) is 0 Å². The number of benzene rings is 2. The zero-order valence-corrected chi connectivity index (χ0v) is 17.1. The van der Waals surface area contributed by atoms with Gasteiger partial charge in [0, 0.05) is 30.5 Å². The maximum Gasteiger partial charge on any atom is 0.227 e. The summed E-state index contributed by atoms with van der Waals surface area (Å²) in [5.41, 5.74) is 3.11. The molecule has 0 radical (unpaired) electrons. The van der Waals surface area contributed by atoms with Crippen LogP contribution in [-0.4, -0.2) is 23.1 Å². The first-order valence-corrected chi connectivity index (χ1v) is 10.3. The van der Waals surface area contributed by atoms with Gasteiger partial charge in [0.1, 0.15) is 18.2 Å². The van der Waals surface area contributed by atoms with Gasteiger partial charge in [-0.15, -0.1) is 0 Å². The Bertz CT molecular complexity index is 927. The van der Waals surface area contributed by atoms with Gasteiger partial charge in [0.2, 0.25) is 5.95 Å². The van der Waals surface area contributed by atoms with E-state index in [1.54, 1.807) is 0 Å². The molecule has 150 valence electrons. The van der Waals surface area contributed by atoms with Crippen molar-refractivity contribution >= 4 is 17.5 Å². The van der Waals surface area contributed by atoms with Gasteiger partial charge in [0.05, 0.1) is 0 Å². The molecule has 2 heterocycles. The molecule has 1 unspecified atom stereocenters. The molecule has 5 heteroatoms. The monoisotopic (exact) mass is 388 g/mol. The minimum atomic E-state index is 0.566. The van der Waals surface area contributed by atoms with Crippen LogP contribution in [-0.2, 0) is 6.61 Å². The molecule has 0 saturated carbocycles. The molecule has 29 heavy (non-hydrogen) atoms. The summed E-state index contributed by atoms with van der Waals surface area (Å²) in [6, 6.07) is 20.2. The predicted octanol–water partition coefficient (Wildman–Crippen LogP) is 5.34. The van der Waals surface area contributed by atoms with Crippen LogP contribution < -0.4 is 15.0 Å². The van der Waals surface area contributed by atoms with Gasteiger partial charge < -0.3 is 15.0 Å². The Labute approximate surface area is 172 Å². The lowest BCUT2D eigenvalue weighted by molar-refractivity contribution is 0.306. The number of ether oxygens (including phenoxy) is 1. The van der Waals surface area contributed by atoms with Gasteiger partial charge in [-0.1, -0.05) is 37.3 Å². The molecule has 1 aliphatic rings. The molecule has 5 nitrogen and oxygen atoms in total. The molecule has 0 aliphatic carbocycles. The molecule has 0 bridgehead atoms. The topological polar surface area (TPSA) is 50.3 Å². The van der Waals surface area contributed by atoms with Crippen LogP contribution in [0, 0.1) is 12.8 Å². The second-order valence-electron chi connectivity index (χ2n) is 7.81. The molecule has 3 aromatic rings. The molecule has 4 rings (SSSR count). The van der Waals surface area contributed by atoms with E-state index in [-0.39, 0.29) is 0 Å². The summed E-state index contributed by atoms with van der Waals surface area (Å²) in [7, 11) is 0. The second kappa shape index (κ2) is 8.95. The summed E-state index contributed by atoms with van der Waals surface area (Å²) in [4.78, 5) is 11.7. The van der Waals surface area contributed by atoms with E-state index in [9.17, 15) is 0 Å². The Kier molecular flexibility index (Phi) is 5.94. The molecule has 1 aromatic heterocycles. The van der Waals surface area contributed by atoms with E-state index in [0.29, 0.717) is 12.5 Å². The number of piperidine rings is 1. The number of aryl methyl sites for hydroxylation is 1. The molecule has 0 amide bonds. The van der Waals surface area contributed by atoms with E-state index < -0.39 is 0 Å². The molecule has 1 aliphatic heterocycles. The van der Waals surface area contributed by atoms with Crippen LogP contribution in [0.25, 0.3) is 0 Å². The quantitative estimate of drug-likeness (QED) is 0.617. The molecular formula is C24H28N4O. The molecule has 0 spiro atoms. The van der Waals surface area contributed by atoms with Crippen LogP contribution in [0.5, 0.6) is 5.75 Å². The Morgan fingerprint density at radius 3 is 2.62 bits per heavy atom. The van der Waals surface area contributed by atoms with E-state index >= 15 is 0 Å². The molecule has 1 fully saturated rings. The third-order valence-electron chi connectivity index (χ3n) is 5.16. The average Bonchev–Trinajstić information content (AvgIpc) is 2.74. The zero-order valence-electron chi connectivity index (χ0n) is 17.1. The van der Waals surface area contributed by atoms with E-state index in [2.05, 4.69) is 34.3 Å². The third kappa shape index (κ3) is 5.25. The molecule has 2 aromatic carbocycles. The minimum Gasteiger partial charge on any atom is -0.489 e. The molecule has 1 saturated heterocycles. The van der Waals surface area contributed by atoms with Crippen molar-refractivity contribution in [1.82, 2.24) is 9.97 Å². The van der Waals surface area contributed by atoms with Crippen LogP contribution in [0.2, 0.25) is 0 Å². The van der Waals surface area contributed by atoms with Crippen LogP contribution in [0.1, 0.15) is 31.0 Å². The fourth-order valence-corrected chi connectivity index (χ4v) is 3.65. The van der Waals surface area contributed by atoms with Gasteiger partial charge in [0.25, 0.3) is 0 Å². The maximum atomic E-state index is 5.86. The highest BCUT2D eigenvalue weighted by atomic mass is 16.5. The smallest absolute Gasteiger partial charge is 0.227 e. The van der Waals surface area contributed by atoms with Gasteiger partial charge in [-0.2, -0.15) is 4.98 Å². The summed E-state index contributed by atoms with van der Waals surface area (Å²) < 4.78 is 5.86. The Balaban J connectivity index is 1.41. The van der Waals surface area contributed by atoms with Crippen LogP contribution in [0.4, 0.5) is 17.5 Å². The van der Waals surface area contributed by atoms with Crippen molar-refractivity contribution in [1.29, 1.82) is 0 Å². The number of aromatic nitrogens is 2. The zero-order chi connectivity index (χ0) is 20.1. The number of hydrogen-bond acceptors (Lipinski definition) is 5. The summed E-state index contributed by atoms with van der Waals surface area (Å²) in [6.07, 6.45) is 2.48. The number of anilines is 3. The highest BCUT2D eigenvalue weighted by Crippen LogP contribution is 2.24. The number of hydrogen-bond donors (Lipinski definition) is 1. The van der Waals surface area contributed by atoms with Crippen molar-refractivity contribution < 1.29 is 4.74 Å². The van der Waals surface area contributed by atoms with Crippen molar-refractivity contribution in [2.24, 2.45) is 5.92 Å². The standard InChI is InChI=1S/C24H28N4O/c1-18-7-6-14-28(16-18)24-25-19(2)15-23(27-24)26-21-10-12-22(13-11-21)29-17-20-8-4-3-5-9-20/h3-5,8-13,15,18H,6-7,14,16-17H2,1-2H3,(H,25,26,27). The third-order valence-corrected chi connectivity index (χ3v) is 5.16. The fraction of sp³-hybridized carbons (Fsp3) is 0.333. The molecule has 1 N–H and O–H groups in total. The first-order valence-electron chi connectivity index (χ1n) is 10.3. The first-order chi connectivity index (χ1) is 14.2. The van der Waals surface area contributed by atoms with E-state index in [1.165, 1.54) is 12.8 Å². The maximum absolute atomic E-state index is 5.86. The van der Waals surface area contributed by atoms with Crippen LogP contribution >= 0.6 is 0 Å². The van der Waals surface area contributed by atoms with Crippen LogP contribution in [0.15, 0.2) is 60.7 Å². The Morgan fingerprint density at radius 1 is 1.07 bits per heavy atom. The Hall–Kier alpha value is -3.08. The van der Waals surface area contributed by atoms with Crippen molar-refractivity contribution in [2.45, 2.75) is 33.3 Å². The van der Waals surface area contributed by atoms with Crippen molar-refractivity contribution in [3.8, 4) is 5.75 Å². The number of nitrogens with zero attached hydrogens (tertiary/aromatic N) is 3. The highest BCUT2D eigenvalue weighted by Gasteiger charge is 2.19. The minimum absolute atomic E-state index is 0.566. The summed E-state index contributed by atoms with van der Waals surface area (Å²) >= 11 is 0. The van der Waals surface area contributed by atoms with E-state index in [4.69, 9.17) is 9.72 Å². The lowest BCUT2D eigenvalue weighted by Crippen LogP contribution is -2.35. The Morgan fingerprint density at radius 2 is 1.86 bits per heavy atom. The van der Waals surface area contributed by atoms with Crippen molar-refractivity contribution in [3.05, 3.63) is 71.9 Å². The predicted molar refractivity (Wildman–Crippen MR) is 118 cm³/mol. The SMILES string of the molecule is Cc1cc(Nc2ccc(OCc3ccccc3)cc2)nc(N2CCCC(C)C2)n1. The van der Waals surface area contributed by atoms with Gasteiger partial charge in [-0.05, 0) is 55.5 Å². The molecule has 1 atom stereocenters. The summed E-state index contributed by atoms with van der Waals surface area (Å²) in [6.45, 7) is 6.93. The van der Waals surface area contributed by atoms with Crippen molar-refractivity contribution in [2.75, 3.05) is 23.3 Å². The number of nitrogens with one attached hydrogen (secondary N) is 1. The summed E-state index contributed by atoms with van der Waals surface area (Å²) in [5.74, 6) is 3.18. The lowest BCUT2D eigenvalue weighted by atomic mass is 10.0. The highest BCUT2D eigenvalue weighted by molar-refractivity contribution is 5.58. The van der Waals surface area contributed by atoms with Gasteiger partial charge in [-0.25, -0.2) is 4.98 Å². The van der Waals surface area contributed by atoms with Gasteiger partial charge in [-0.3, -0.25) is 0 Å². The van der Waals surface area contributed by atoms with E-state index in [0.717, 1.165) is 47.5 Å². The van der Waals surface area contributed by atoms with E-state index in [1.807, 2.05) is 55.5 Å². The normalized spacial score (nSPS) is 16.5. The largest absolute Gasteiger partial charge is 0.489 e. The summed E-state index contributed by atoms with van der Waals surface area (Å²) in [5, 5.41) is 3.40. The first kappa shape index (κ1) is 19.2. The number of rotatable bonds is 6. The molecular weight excluding hydrogens is 360 g/mol. The fourth-order valence-electron chi connectivity index (χ4n) is 3.65. The second-order valence-corrected chi connectivity index (χ2v) is 7.81. The lowest BCUT2D eigenvalue weighted by Gasteiger charge is -2.31. The van der Waals surface area contributed by atoms with Crippen molar-refractivity contribution in [3.63, 3.8) is 0 Å². The average molecular weight is 389 g/mol.